The number of anilines is 2. The van der Waals surface area contributed by atoms with Crippen LogP contribution in [0.15, 0.2) is 18.2 Å². The summed E-state index contributed by atoms with van der Waals surface area (Å²) in [4.78, 5) is 2.44. The standard InChI is InChI=1S/C16H26N2O/c1-5-19-15-10-13(6-7-14(15)17)18-9-8-12(11-18)16(2,3)4/h6-7,10,12H,5,8-9,11,17H2,1-4H3. The molecule has 0 bridgehead atoms. The van der Waals surface area contributed by atoms with Gasteiger partial charge in [0.25, 0.3) is 0 Å². The maximum absolute atomic E-state index is 5.93. The van der Waals surface area contributed by atoms with Crippen LogP contribution in [0.3, 0.4) is 0 Å². The highest BCUT2D eigenvalue weighted by atomic mass is 16.5. The van der Waals surface area contributed by atoms with Crippen LogP contribution in [0, 0.1) is 11.3 Å². The van der Waals surface area contributed by atoms with E-state index in [-0.39, 0.29) is 0 Å². The molecule has 2 rings (SSSR count). The molecule has 1 unspecified atom stereocenters. The molecule has 0 aromatic heterocycles. The predicted molar refractivity (Wildman–Crippen MR) is 81.8 cm³/mol. The molecule has 0 aliphatic carbocycles. The number of ether oxygens (including phenoxy) is 1. The van der Waals surface area contributed by atoms with Gasteiger partial charge in [-0.2, -0.15) is 0 Å². The fourth-order valence-corrected chi connectivity index (χ4v) is 2.70. The van der Waals surface area contributed by atoms with Crippen LogP contribution in [0.1, 0.15) is 34.1 Å². The zero-order valence-electron chi connectivity index (χ0n) is 12.6. The van der Waals surface area contributed by atoms with E-state index in [9.17, 15) is 0 Å². The zero-order valence-corrected chi connectivity index (χ0v) is 12.6. The molecule has 1 atom stereocenters. The molecule has 19 heavy (non-hydrogen) atoms. The van der Waals surface area contributed by atoms with Gasteiger partial charge in [0.05, 0.1) is 12.3 Å². The van der Waals surface area contributed by atoms with Crippen molar-refractivity contribution >= 4 is 11.4 Å². The summed E-state index contributed by atoms with van der Waals surface area (Å²) in [7, 11) is 0. The number of benzene rings is 1. The molecule has 1 heterocycles. The van der Waals surface area contributed by atoms with Crippen molar-refractivity contribution in [3.63, 3.8) is 0 Å². The molecule has 1 fully saturated rings. The van der Waals surface area contributed by atoms with Crippen molar-refractivity contribution in [2.45, 2.75) is 34.1 Å². The lowest BCUT2D eigenvalue weighted by Gasteiger charge is -2.27. The first-order valence-electron chi connectivity index (χ1n) is 7.19. The van der Waals surface area contributed by atoms with Crippen molar-refractivity contribution in [2.75, 3.05) is 30.3 Å². The fourth-order valence-electron chi connectivity index (χ4n) is 2.70. The Kier molecular flexibility index (Phi) is 3.93. The van der Waals surface area contributed by atoms with Crippen LogP contribution in [0.4, 0.5) is 11.4 Å². The summed E-state index contributed by atoms with van der Waals surface area (Å²) < 4.78 is 5.58. The van der Waals surface area contributed by atoms with Gasteiger partial charge < -0.3 is 15.4 Å². The normalized spacial score (nSPS) is 19.8. The summed E-state index contributed by atoms with van der Waals surface area (Å²) in [6.07, 6.45) is 1.26. The number of nitrogens with two attached hydrogens (primary N) is 1. The lowest BCUT2D eigenvalue weighted by Crippen LogP contribution is -2.25. The smallest absolute Gasteiger partial charge is 0.144 e. The third-order valence-corrected chi connectivity index (χ3v) is 4.08. The second kappa shape index (κ2) is 5.32. The van der Waals surface area contributed by atoms with Gasteiger partial charge in [-0.05, 0) is 36.8 Å². The molecule has 1 saturated heterocycles. The van der Waals surface area contributed by atoms with Crippen LogP contribution in [-0.2, 0) is 0 Å². The quantitative estimate of drug-likeness (QED) is 0.847. The summed E-state index contributed by atoms with van der Waals surface area (Å²) in [5.41, 5.74) is 8.25. The van der Waals surface area contributed by atoms with E-state index in [1.807, 2.05) is 13.0 Å². The summed E-state index contributed by atoms with van der Waals surface area (Å²) in [5, 5.41) is 0. The van der Waals surface area contributed by atoms with Crippen LogP contribution in [0.25, 0.3) is 0 Å². The largest absolute Gasteiger partial charge is 0.492 e. The molecule has 0 spiro atoms. The minimum Gasteiger partial charge on any atom is -0.492 e. The average molecular weight is 262 g/mol. The lowest BCUT2D eigenvalue weighted by atomic mass is 9.80. The van der Waals surface area contributed by atoms with E-state index < -0.39 is 0 Å². The van der Waals surface area contributed by atoms with E-state index >= 15 is 0 Å². The molecular weight excluding hydrogens is 236 g/mol. The van der Waals surface area contributed by atoms with Gasteiger partial charge in [0.2, 0.25) is 0 Å². The first kappa shape index (κ1) is 14.0. The zero-order chi connectivity index (χ0) is 14.0. The second-order valence-electron chi connectivity index (χ2n) is 6.45. The third kappa shape index (κ3) is 3.14. The summed E-state index contributed by atoms with van der Waals surface area (Å²) in [6.45, 7) is 11.9. The van der Waals surface area contributed by atoms with Gasteiger partial charge in [0, 0.05) is 24.8 Å². The molecule has 1 aromatic carbocycles. The summed E-state index contributed by atoms with van der Waals surface area (Å²) >= 11 is 0. The summed E-state index contributed by atoms with van der Waals surface area (Å²) in [5.74, 6) is 1.56. The third-order valence-electron chi connectivity index (χ3n) is 4.08. The molecule has 106 valence electrons. The lowest BCUT2D eigenvalue weighted by molar-refractivity contribution is 0.263. The van der Waals surface area contributed by atoms with Crippen LogP contribution < -0.4 is 15.4 Å². The number of nitrogens with zero attached hydrogens (tertiary/aromatic N) is 1. The first-order valence-corrected chi connectivity index (χ1v) is 7.19. The Morgan fingerprint density at radius 1 is 1.37 bits per heavy atom. The van der Waals surface area contributed by atoms with Gasteiger partial charge in [-0.15, -0.1) is 0 Å². The number of hydrogen-bond donors (Lipinski definition) is 1. The van der Waals surface area contributed by atoms with E-state index in [0.29, 0.717) is 12.0 Å². The Morgan fingerprint density at radius 3 is 2.68 bits per heavy atom. The molecule has 0 amide bonds. The van der Waals surface area contributed by atoms with E-state index in [1.165, 1.54) is 12.1 Å². The molecule has 3 heteroatoms. The SMILES string of the molecule is CCOc1cc(N2CCC(C(C)(C)C)C2)ccc1N. The Balaban J connectivity index is 2.13. The van der Waals surface area contributed by atoms with Crippen molar-refractivity contribution in [3.05, 3.63) is 18.2 Å². The van der Waals surface area contributed by atoms with Gasteiger partial charge in [0.1, 0.15) is 5.75 Å². The Hall–Kier alpha value is -1.38. The molecule has 0 radical (unpaired) electrons. The second-order valence-corrected chi connectivity index (χ2v) is 6.45. The number of hydrogen-bond acceptors (Lipinski definition) is 3. The van der Waals surface area contributed by atoms with E-state index in [2.05, 4.69) is 37.8 Å². The van der Waals surface area contributed by atoms with Gasteiger partial charge in [-0.3, -0.25) is 0 Å². The van der Waals surface area contributed by atoms with E-state index in [0.717, 1.165) is 30.4 Å². The maximum Gasteiger partial charge on any atom is 0.144 e. The highest BCUT2D eigenvalue weighted by Gasteiger charge is 2.31. The van der Waals surface area contributed by atoms with Gasteiger partial charge in [-0.25, -0.2) is 0 Å². The Morgan fingerprint density at radius 2 is 2.11 bits per heavy atom. The van der Waals surface area contributed by atoms with E-state index in [4.69, 9.17) is 10.5 Å². The molecular formula is C16H26N2O. The monoisotopic (exact) mass is 262 g/mol. The average Bonchev–Trinajstić information content (AvgIpc) is 2.81. The molecule has 1 aromatic rings. The molecule has 0 saturated carbocycles. The van der Waals surface area contributed by atoms with Crippen molar-refractivity contribution in [3.8, 4) is 5.75 Å². The van der Waals surface area contributed by atoms with Crippen molar-refractivity contribution in [2.24, 2.45) is 11.3 Å². The summed E-state index contributed by atoms with van der Waals surface area (Å²) in [6, 6.07) is 6.12. The molecule has 2 N–H and O–H groups in total. The Bertz CT molecular complexity index is 437. The van der Waals surface area contributed by atoms with Crippen molar-refractivity contribution in [1.29, 1.82) is 0 Å². The molecule has 1 aliphatic rings. The van der Waals surface area contributed by atoms with Gasteiger partial charge in [-0.1, -0.05) is 20.8 Å². The maximum atomic E-state index is 5.93. The first-order chi connectivity index (χ1) is 8.91. The van der Waals surface area contributed by atoms with Crippen LogP contribution in [0.5, 0.6) is 5.75 Å². The van der Waals surface area contributed by atoms with Crippen molar-refractivity contribution in [1.82, 2.24) is 0 Å². The van der Waals surface area contributed by atoms with Crippen LogP contribution in [0.2, 0.25) is 0 Å². The predicted octanol–water partition coefficient (Wildman–Crippen LogP) is 3.54. The highest BCUT2D eigenvalue weighted by molar-refractivity contribution is 5.62. The Labute approximate surface area is 116 Å². The van der Waals surface area contributed by atoms with Crippen LogP contribution in [-0.4, -0.2) is 19.7 Å². The molecule has 1 aliphatic heterocycles. The topological polar surface area (TPSA) is 38.5 Å². The number of rotatable bonds is 3. The highest BCUT2D eigenvalue weighted by Crippen LogP contribution is 2.37. The fraction of sp³-hybridized carbons (Fsp3) is 0.625. The number of nitrogen functional groups attached to an aromatic ring is 1. The van der Waals surface area contributed by atoms with Crippen LogP contribution >= 0.6 is 0 Å². The van der Waals surface area contributed by atoms with Gasteiger partial charge in [0.15, 0.2) is 0 Å². The van der Waals surface area contributed by atoms with E-state index in [1.54, 1.807) is 0 Å². The van der Waals surface area contributed by atoms with Crippen molar-refractivity contribution < 1.29 is 4.74 Å². The van der Waals surface area contributed by atoms with Gasteiger partial charge >= 0.3 is 0 Å². The minimum absolute atomic E-state index is 0.380. The molecule has 3 nitrogen and oxygen atoms in total. The minimum atomic E-state index is 0.380.